The number of sulfonamides is 1. The average Bonchev–Trinajstić information content (AvgIpc) is 2.79. The third-order valence-electron chi connectivity index (χ3n) is 3.90. The van der Waals surface area contributed by atoms with E-state index in [9.17, 15) is 8.42 Å². The molecule has 0 amide bonds. The minimum absolute atomic E-state index is 0.0812. The molecule has 0 radical (unpaired) electrons. The van der Waals surface area contributed by atoms with Crippen molar-refractivity contribution in [3.63, 3.8) is 0 Å². The van der Waals surface area contributed by atoms with Crippen molar-refractivity contribution in [2.45, 2.75) is 31.7 Å². The molecule has 2 saturated heterocycles. The molecule has 2 fully saturated rings. The molecule has 0 saturated carbocycles. The summed E-state index contributed by atoms with van der Waals surface area (Å²) in [4.78, 5) is 2.25. The van der Waals surface area contributed by atoms with Crippen LogP contribution < -0.4 is 10.5 Å². The van der Waals surface area contributed by atoms with E-state index >= 15 is 0 Å². The van der Waals surface area contributed by atoms with Gasteiger partial charge in [0.25, 0.3) is 0 Å². The highest BCUT2D eigenvalue weighted by molar-refractivity contribution is 7.89. The van der Waals surface area contributed by atoms with Crippen molar-refractivity contribution in [1.82, 2.24) is 10.2 Å². The molecule has 2 aliphatic heterocycles. The van der Waals surface area contributed by atoms with E-state index in [1.165, 1.54) is 25.7 Å². The van der Waals surface area contributed by atoms with E-state index in [1.54, 1.807) is 0 Å². The van der Waals surface area contributed by atoms with Gasteiger partial charge in [0.05, 0.1) is 5.75 Å². The van der Waals surface area contributed by atoms with Crippen LogP contribution in [0.25, 0.3) is 0 Å². The zero-order valence-electron chi connectivity index (χ0n) is 10.3. The summed E-state index contributed by atoms with van der Waals surface area (Å²) >= 11 is 0. The van der Waals surface area contributed by atoms with Crippen molar-refractivity contribution in [2.75, 3.05) is 31.9 Å². The summed E-state index contributed by atoms with van der Waals surface area (Å²) in [6, 6.07) is 0.646. The molecule has 0 spiro atoms. The van der Waals surface area contributed by atoms with E-state index in [-0.39, 0.29) is 5.75 Å². The zero-order chi connectivity index (χ0) is 12.3. The molecule has 2 heterocycles. The molecule has 0 bridgehead atoms. The number of likely N-dealkylation sites (tertiary alicyclic amines) is 1. The van der Waals surface area contributed by atoms with E-state index in [1.807, 2.05) is 0 Å². The lowest BCUT2D eigenvalue weighted by Gasteiger charge is -2.35. The normalized spacial score (nSPS) is 31.8. The molecule has 0 aliphatic carbocycles. The van der Waals surface area contributed by atoms with E-state index in [4.69, 9.17) is 5.14 Å². The van der Waals surface area contributed by atoms with Crippen LogP contribution in [-0.4, -0.2) is 51.3 Å². The number of nitrogens with one attached hydrogen (secondary N) is 1. The second kappa shape index (κ2) is 5.65. The molecule has 2 aliphatic rings. The average molecular weight is 261 g/mol. The van der Waals surface area contributed by atoms with Crippen molar-refractivity contribution < 1.29 is 8.42 Å². The van der Waals surface area contributed by atoms with Crippen molar-refractivity contribution >= 4 is 10.0 Å². The van der Waals surface area contributed by atoms with Gasteiger partial charge in [-0.05, 0) is 44.7 Å². The predicted molar refractivity (Wildman–Crippen MR) is 68.2 cm³/mol. The molecule has 2 atom stereocenters. The van der Waals surface area contributed by atoms with E-state index in [0.717, 1.165) is 19.6 Å². The molecule has 6 heteroatoms. The molecule has 17 heavy (non-hydrogen) atoms. The van der Waals surface area contributed by atoms with Gasteiger partial charge in [0.15, 0.2) is 0 Å². The van der Waals surface area contributed by atoms with Crippen LogP contribution in [0.15, 0.2) is 0 Å². The fraction of sp³-hybridized carbons (Fsp3) is 1.00. The number of primary sulfonamides is 1. The molecule has 100 valence electrons. The first-order valence-corrected chi connectivity index (χ1v) is 8.22. The lowest BCUT2D eigenvalue weighted by molar-refractivity contribution is 0.159. The molecule has 3 N–H and O–H groups in total. The standard InChI is InChI=1S/C11H23N3O2S/c12-17(15,16)8-7-14-6-2-3-10(9-14)11-4-1-5-13-11/h10-11,13H,1-9H2,(H2,12,15,16). The van der Waals surface area contributed by atoms with Gasteiger partial charge in [-0.15, -0.1) is 0 Å². The number of rotatable bonds is 4. The Morgan fingerprint density at radius 3 is 2.76 bits per heavy atom. The van der Waals surface area contributed by atoms with Crippen LogP contribution in [0, 0.1) is 5.92 Å². The third-order valence-corrected chi connectivity index (χ3v) is 4.65. The Bertz CT molecular complexity index is 339. The van der Waals surface area contributed by atoms with Gasteiger partial charge in [-0.2, -0.15) is 0 Å². The third kappa shape index (κ3) is 4.21. The highest BCUT2D eigenvalue weighted by Gasteiger charge is 2.29. The largest absolute Gasteiger partial charge is 0.314 e. The van der Waals surface area contributed by atoms with Gasteiger partial charge < -0.3 is 10.2 Å². The molecular formula is C11H23N3O2S. The topological polar surface area (TPSA) is 75.4 Å². The zero-order valence-corrected chi connectivity index (χ0v) is 11.1. The minimum Gasteiger partial charge on any atom is -0.314 e. The highest BCUT2D eigenvalue weighted by Crippen LogP contribution is 2.24. The number of hydrogen-bond donors (Lipinski definition) is 2. The lowest BCUT2D eigenvalue weighted by Crippen LogP contribution is -2.45. The van der Waals surface area contributed by atoms with Crippen molar-refractivity contribution in [3.8, 4) is 0 Å². The lowest BCUT2D eigenvalue weighted by atomic mass is 9.90. The first-order chi connectivity index (χ1) is 8.04. The van der Waals surface area contributed by atoms with Crippen LogP contribution in [0.1, 0.15) is 25.7 Å². The van der Waals surface area contributed by atoms with Crippen LogP contribution in [0.3, 0.4) is 0 Å². The van der Waals surface area contributed by atoms with Crippen molar-refractivity contribution in [1.29, 1.82) is 0 Å². The Labute approximate surface area is 104 Å². The van der Waals surface area contributed by atoms with Crippen molar-refractivity contribution in [2.24, 2.45) is 11.1 Å². The Balaban J connectivity index is 1.80. The maximum Gasteiger partial charge on any atom is 0.210 e. The van der Waals surface area contributed by atoms with E-state index in [0.29, 0.717) is 18.5 Å². The van der Waals surface area contributed by atoms with Crippen LogP contribution in [-0.2, 0) is 10.0 Å². The molecule has 0 aromatic carbocycles. The number of nitrogens with two attached hydrogens (primary N) is 1. The summed E-state index contributed by atoms with van der Waals surface area (Å²) in [5.41, 5.74) is 0. The fourth-order valence-corrected chi connectivity index (χ4v) is 3.51. The SMILES string of the molecule is NS(=O)(=O)CCN1CCCC(C2CCCN2)C1. The van der Waals surface area contributed by atoms with Gasteiger partial charge in [-0.3, -0.25) is 0 Å². The number of hydrogen-bond acceptors (Lipinski definition) is 4. The Kier molecular flexibility index (Phi) is 4.41. The summed E-state index contributed by atoms with van der Waals surface area (Å²) in [6.07, 6.45) is 4.99. The van der Waals surface area contributed by atoms with E-state index < -0.39 is 10.0 Å². The highest BCUT2D eigenvalue weighted by atomic mass is 32.2. The number of nitrogens with zero attached hydrogens (tertiary/aromatic N) is 1. The summed E-state index contributed by atoms with van der Waals surface area (Å²) in [7, 11) is -3.32. The fourth-order valence-electron chi connectivity index (χ4n) is 2.99. The van der Waals surface area contributed by atoms with Crippen LogP contribution in [0.5, 0.6) is 0 Å². The Morgan fingerprint density at radius 2 is 2.12 bits per heavy atom. The first kappa shape index (κ1) is 13.3. The second-order valence-corrected chi connectivity index (χ2v) is 7.01. The monoisotopic (exact) mass is 261 g/mol. The smallest absolute Gasteiger partial charge is 0.210 e. The molecule has 0 aromatic rings. The second-order valence-electron chi connectivity index (χ2n) is 5.27. The Morgan fingerprint density at radius 1 is 1.29 bits per heavy atom. The molecule has 5 nitrogen and oxygen atoms in total. The van der Waals surface area contributed by atoms with Gasteiger partial charge in [0.2, 0.25) is 10.0 Å². The molecule has 2 rings (SSSR count). The van der Waals surface area contributed by atoms with Crippen LogP contribution >= 0.6 is 0 Å². The van der Waals surface area contributed by atoms with Gasteiger partial charge in [-0.1, -0.05) is 0 Å². The minimum atomic E-state index is -3.32. The maximum absolute atomic E-state index is 11.0. The number of piperidine rings is 1. The summed E-state index contributed by atoms with van der Waals surface area (Å²) < 4.78 is 21.9. The van der Waals surface area contributed by atoms with Crippen LogP contribution in [0.2, 0.25) is 0 Å². The van der Waals surface area contributed by atoms with Gasteiger partial charge in [0.1, 0.15) is 0 Å². The summed E-state index contributed by atoms with van der Waals surface area (Å²) in [6.45, 7) is 3.76. The Hall–Kier alpha value is -0.170. The van der Waals surface area contributed by atoms with Crippen molar-refractivity contribution in [3.05, 3.63) is 0 Å². The first-order valence-electron chi connectivity index (χ1n) is 6.51. The summed E-state index contributed by atoms with van der Waals surface area (Å²) in [5.74, 6) is 0.768. The maximum atomic E-state index is 11.0. The summed E-state index contributed by atoms with van der Waals surface area (Å²) in [5, 5.41) is 8.59. The van der Waals surface area contributed by atoms with Gasteiger partial charge in [-0.25, -0.2) is 13.6 Å². The quantitative estimate of drug-likeness (QED) is 0.731. The van der Waals surface area contributed by atoms with Gasteiger partial charge in [0, 0.05) is 19.1 Å². The molecule has 0 aromatic heterocycles. The predicted octanol–water partition coefficient (Wildman–Crippen LogP) is -0.261. The van der Waals surface area contributed by atoms with Gasteiger partial charge >= 0.3 is 0 Å². The molecular weight excluding hydrogens is 238 g/mol. The molecule has 2 unspecified atom stereocenters. The van der Waals surface area contributed by atoms with E-state index in [2.05, 4.69) is 10.2 Å². The van der Waals surface area contributed by atoms with Crippen LogP contribution in [0.4, 0.5) is 0 Å².